The van der Waals surface area contributed by atoms with Crippen molar-refractivity contribution in [3.63, 3.8) is 0 Å². The third-order valence-electron chi connectivity index (χ3n) is 9.13. The predicted molar refractivity (Wildman–Crippen MR) is 169 cm³/mol. The van der Waals surface area contributed by atoms with Crippen molar-refractivity contribution in [2.75, 3.05) is 0 Å². The number of benzene rings is 2. The van der Waals surface area contributed by atoms with Crippen molar-refractivity contribution < 1.29 is 0 Å². The largest absolute Gasteiger partial charge is 0.246 e. The molecule has 4 heterocycles. The maximum Gasteiger partial charge on any atom is 0.0894 e. The second-order valence-electron chi connectivity index (χ2n) is 12.3. The molecule has 6 aromatic rings. The fraction of sp³-hybridized carbons (Fsp3) is 0.158. The van der Waals surface area contributed by atoms with Crippen LogP contribution in [0.15, 0.2) is 109 Å². The van der Waals surface area contributed by atoms with Gasteiger partial charge in [-0.1, -0.05) is 100 Å². The summed E-state index contributed by atoms with van der Waals surface area (Å²) in [6, 6.07) is 37.9. The lowest BCUT2D eigenvalue weighted by Gasteiger charge is -2.20. The van der Waals surface area contributed by atoms with E-state index in [1.165, 1.54) is 33.4 Å². The highest BCUT2D eigenvalue weighted by Gasteiger charge is 2.37. The second kappa shape index (κ2) is 8.77. The van der Waals surface area contributed by atoms with Gasteiger partial charge in [0.05, 0.1) is 45.6 Å². The smallest absolute Gasteiger partial charge is 0.0894 e. The Hall–Kier alpha value is -4.96. The van der Waals surface area contributed by atoms with Crippen molar-refractivity contribution in [2.24, 2.45) is 0 Å². The Bertz CT molecular complexity index is 1900. The number of nitrogens with zero attached hydrogens (tertiary/aromatic N) is 4. The zero-order chi connectivity index (χ0) is 28.6. The van der Waals surface area contributed by atoms with E-state index in [0.29, 0.717) is 0 Å². The zero-order valence-electron chi connectivity index (χ0n) is 24.2. The molecule has 2 aromatic carbocycles. The van der Waals surface area contributed by atoms with E-state index >= 15 is 0 Å². The fourth-order valence-corrected chi connectivity index (χ4v) is 6.82. The Morgan fingerprint density at radius 3 is 1.10 bits per heavy atom. The molecule has 4 nitrogen and oxygen atoms in total. The molecule has 0 bridgehead atoms. The van der Waals surface area contributed by atoms with Crippen molar-refractivity contribution in [1.29, 1.82) is 0 Å². The highest BCUT2D eigenvalue weighted by Crippen LogP contribution is 2.49. The minimum absolute atomic E-state index is 0.0689. The van der Waals surface area contributed by atoms with Gasteiger partial charge in [0.25, 0.3) is 0 Å². The van der Waals surface area contributed by atoms with Crippen molar-refractivity contribution in [3.05, 3.63) is 131 Å². The summed E-state index contributed by atoms with van der Waals surface area (Å²) >= 11 is 0. The van der Waals surface area contributed by atoms with Gasteiger partial charge in [-0.15, -0.1) is 0 Å². The molecule has 0 radical (unpaired) electrons. The first-order valence-corrected chi connectivity index (χ1v) is 14.5. The molecule has 0 fully saturated rings. The summed E-state index contributed by atoms with van der Waals surface area (Å²) in [4.78, 5) is 20.3. The molecule has 0 saturated heterocycles. The van der Waals surface area contributed by atoms with Gasteiger partial charge in [0.2, 0.25) is 0 Å². The summed E-state index contributed by atoms with van der Waals surface area (Å²) in [5.74, 6) is 0. The maximum absolute atomic E-state index is 5.13. The molecule has 2 aliphatic carbocycles. The van der Waals surface area contributed by atoms with Gasteiger partial charge in [-0.25, -0.2) is 19.9 Å². The average molecular weight is 543 g/mol. The van der Waals surface area contributed by atoms with E-state index in [2.05, 4.69) is 100 Å². The molecule has 0 unspecified atom stereocenters. The second-order valence-corrected chi connectivity index (χ2v) is 12.3. The lowest BCUT2D eigenvalue weighted by molar-refractivity contribution is 0.659. The SMILES string of the molecule is CC1(C)c2ccccc2-c2nc(-c3cccc(-c4cccc(-c5ccc6c(n5)-c5ccccc5C6(C)C)n4)n3)ccc21. The van der Waals surface area contributed by atoms with Crippen LogP contribution in [0.1, 0.15) is 49.9 Å². The third-order valence-corrected chi connectivity index (χ3v) is 9.13. The number of pyridine rings is 4. The first-order valence-electron chi connectivity index (χ1n) is 14.5. The van der Waals surface area contributed by atoms with Crippen LogP contribution in [0, 0.1) is 0 Å². The minimum atomic E-state index is -0.0689. The molecular weight excluding hydrogens is 512 g/mol. The average Bonchev–Trinajstić information content (AvgIpc) is 3.40. The van der Waals surface area contributed by atoms with Crippen LogP contribution in [0.5, 0.6) is 0 Å². The van der Waals surface area contributed by atoms with E-state index in [0.717, 1.165) is 45.6 Å². The van der Waals surface area contributed by atoms with Gasteiger partial charge in [-0.3, -0.25) is 0 Å². The number of hydrogen-bond acceptors (Lipinski definition) is 4. The highest BCUT2D eigenvalue weighted by molar-refractivity contribution is 5.81. The lowest BCUT2D eigenvalue weighted by atomic mass is 9.83. The monoisotopic (exact) mass is 542 g/mol. The molecule has 0 amide bonds. The Morgan fingerprint density at radius 1 is 0.333 bits per heavy atom. The van der Waals surface area contributed by atoms with Crippen LogP contribution in [0.25, 0.3) is 56.7 Å². The van der Waals surface area contributed by atoms with Crippen LogP contribution in [0.2, 0.25) is 0 Å². The molecule has 202 valence electrons. The normalized spacial score (nSPS) is 15.0. The summed E-state index contributed by atoms with van der Waals surface area (Å²) in [6.45, 7) is 9.08. The van der Waals surface area contributed by atoms with Gasteiger partial charge < -0.3 is 0 Å². The topological polar surface area (TPSA) is 51.6 Å². The Balaban J connectivity index is 1.17. The van der Waals surface area contributed by atoms with Crippen LogP contribution in [-0.4, -0.2) is 19.9 Å². The van der Waals surface area contributed by atoms with E-state index in [1.807, 2.05) is 36.4 Å². The number of aromatic nitrogens is 4. The minimum Gasteiger partial charge on any atom is -0.246 e. The van der Waals surface area contributed by atoms with Crippen LogP contribution in [0.4, 0.5) is 0 Å². The van der Waals surface area contributed by atoms with Crippen molar-refractivity contribution in [1.82, 2.24) is 19.9 Å². The van der Waals surface area contributed by atoms with E-state index in [4.69, 9.17) is 19.9 Å². The summed E-state index contributed by atoms with van der Waals surface area (Å²) < 4.78 is 0. The van der Waals surface area contributed by atoms with E-state index in [9.17, 15) is 0 Å². The third kappa shape index (κ3) is 3.54. The van der Waals surface area contributed by atoms with Gasteiger partial charge in [0, 0.05) is 22.0 Å². The van der Waals surface area contributed by atoms with Crippen molar-refractivity contribution in [2.45, 2.75) is 38.5 Å². The van der Waals surface area contributed by atoms with Gasteiger partial charge >= 0.3 is 0 Å². The Labute approximate surface area is 246 Å². The number of hydrogen-bond donors (Lipinski definition) is 0. The fourth-order valence-electron chi connectivity index (χ4n) is 6.82. The molecule has 8 rings (SSSR count). The molecule has 42 heavy (non-hydrogen) atoms. The standard InChI is InChI=1S/C38H30N4/c1-37(2)25-13-7-5-11-23(25)35-27(37)19-21-33(41-35)31-17-9-15-29(39-31)30-16-10-18-32(40-30)34-22-20-28-36(42-34)24-12-6-8-14-26(24)38(28,3)4/h5-22H,1-4H3. The van der Waals surface area contributed by atoms with E-state index in [-0.39, 0.29) is 10.8 Å². The van der Waals surface area contributed by atoms with Crippen LogP contribution in [-0.2, 0) is 10.8 Å². The summed E-state index contributed by atoms with van der Waals surface area (Å²) in [7, 11) is 0. The van der Waals surface area contributed by atoms with Gasteiger partial charge in [0.1, 0.15) is 0 Å². The van der Waals surface area contributed by atoms with Crippen molar-refractivity contribution >= 4 is 0 Å². The summed E-state index contributed by atoms with van der Waals surface area (Å²) in [5.41, 5.74) is 14.5. The molecule has 0 saturated carbocycles. The Kier molecular flexibility index (Phi) is 5.18. The molecule has 0 spiro atoms. The van der Waals surface area contributed by atoms with E-state index in [1.54, 1.807) is 0 Å². The van der Waals surface area contributed by atoms with Crippen LogP contribution < -0.4 is 0 Å². The lowest BCUT2D eigenvalue weighted by Crippen LogP contribution is -2.15. The Morgan fingerprint density at radius 2 is 0.690 bits per heavy atom. The zero-order valence-corrected chi connectivity index (χ0v) is 24.2. The first-order chi connectivity index (χ1) is 20.3. The number of rotatable bonds is 3. The first kappa shape index (κ1) is 24.8. The molecule has 0 N–H and O–H groups in total. The van der Waals surface area contributed by atoms with Crippen molar-refractivity contribution in [3.8, 4) is 56.7 Å². The van der Waals surface area contributed by atoms with Gasteiger partial charge in [0.15, 0.2) is 0 Å². The highest BCUT2D eigenvalue weighted by atomic mass is 14.9. The summed E-state index contributed by atoms with van der Waals surface area (Å²) in [6.07, 6.45) is 0. The maximum atomic E-state index is 5.13. The van der Waals surface area contributed by atoms with Gasteiger partial charge in [-0.2, -0.15) is 0 Å². The molecule has 0 atom stereocenters. The molecule has 4 heteroatoms. The summed E-state index contributed by atoms with van der Waals surface area (Å²) in [5, 5.41) is 0. The molecular formula is C38H30N4. The molecule has 0 aliphatic heterocycles. The predicted octanol–water partition coefficient (Wildman–Crippen LogP) is 8.88. The van der Waals surface area contributed by atoms with Crippen LogP contribution >= 0.6 is 0 Å². The quantitative estimate of drug-likeness (QED) is 0.224. The van der Waals surface area contributed by atoms with Gasteiger partial charge in [-0.05, 0) is 58.7 Å². The van der Waals surface area contributed by atoms with E-state index < -0.39 is 0 Å². The molecule has 4 aromatic heterocycles. The number of fused-ring (bicyclic) bond motifs is 6. The molecule has 2 aliphatic rings. The van der Waals surface area contributed by atoms with Crippen LogP contribution in [0.3, 0.4) is 0 Å².